The molecular weight excluding hydrogens is 174 g/mol. The maximum Gasteiger partial charge on any atom is 0.119 e. The molecule has 1 fully saturated rings. The molecule has 0 bridgehead atoms. The van der Waals surface area contributed by atoms with Crippen molar-refractivity contribution in [1.29, 1.82) is 0 Å². The maximum atomic E-state index is 5.23. The zero-order chi connectivity index (χ0) is 9.54. The van der Waals surface area contributed by atoms with Gasteiger partial charge in [-0.05, 0) is 36.1 Å². The first kappa shape index (κ1) is 8.30. The molecule has 1 heterocycles. The number of methoxy groups -OCH3 is 1. The molecular formula is C12H15NO. The van der Waals surface area contributed by atoms with Crippen molar-refractivity contribution >= 4 is 0 Å². The van der Waals surface area contributed by atoms with Crippen molar-refractivity contribution in [2.24, 2.45) is 0 Å². The number of hydrogen-bond donors (Lipinski definition) is 0. The molecule has 1 aromatic rings. The van der Waals surface area contributed by atoms with Crippen LogP contribution >= 0.6 is 0 Å². The van der Waals surface area contributed by atoms with Crippen LogP contribution < -0.4 is 4.74 Å². The first-order valence-electron chi connectivity index (χ1n) is 5.26. The molecule has 0 atom stereocenters. The van der Waals surface area contributed by atoms with E-state index in [0.717, 1.165) is 24.9 Å². The molecule has 74 valence electrons. The Bertz CT molecular complexity index is 357. The van der Waals surface area contributed by atoms with E-state index in [0.29, 0.717) is 0 Å². The molecule has 0 amide bonds. The van der Waals surface area contributed by atoms with Crippen molar-refractivity contribution in [3.05, 3.63) is 29.3 Å². The van der Waals surface area contributed by atoms with Crippen LogP contribution in [0, 0.1) is 0 Å². The molecule has 2 heteroatoms. The van der Waals surface area contributed by atoms with Gasteiger partial charge in [-0.2, -0.15) is 0 Å². The fraction of sp³-hybridized carbons (Fsp3) is 0.500. The molecule has 3 rings (SSSR count). The topological polar surface area (TPSA) is 12.5 Å². The highest BCUT2D eigenvalue weighted by atomic mass is 16.5. The van der Waals surface area contributed by atoms with Crippen LogP contribution in [0.2, 0.25) is 0 Å². The summed E-state index contributed by atoms with van der Waals surface area (Å²) < 4.78 is 5.23. The number of hydrogen-bond acceptors (Lipinski definition) is 2. The van der Waals surface area contributed by atoms with Crippen LogP contribution in [0.5, 0.6) is 5.75 Å². The Morgan fingerprint density at radius 2 is 2.00 bits per heavy atom. The van der Waals surface area contributed by atoms with Crippen molar-refractivity contribution in [2.75, 3.05) is 7.11 Å². The van der Waals surface area contributed by atoms with E-state index in [1.54, 1.807) is 7.11 Å². The van der Waals surface area contributed by atoms with Gasteiger partial charge in [-0.3, -0.25) is 4.90 Å². The largest absolute Gasteiger partial charge is 0.497 e. The molecule has 0 spiro atoms. The van der Waals surface area contributed by atoms with Gasteiger partial charge in [0.2, 0.25) is 0 Å². The molecule has 1 aliphatic carbocycles. The fourth-order valence-electron chi connectivity index (χ4n) is 2.22. The van der Waals surface area contributed by atoms with Crippen LogP contribution in [0.25, 0.3) is 0 Å². The second kappa shape index (κ2) is 2.99. The standard InChI is InChI=1S/C12H15NO/c1-14-12-5-2-9-7-13(11-3-4-11)8-10(9)6-12/h2,5-6,11H,3-4,7-8H2,1H3. The highest BCUT2D eigenvalue weighted by Gasteiger charge is 2.32. The summed E-state index contributed by atoms with van der Waals surface area (Å²) in [6.07, 6.45) is 2.79. The molecule has 0 radical (unpaired) electrons. The van der Waals surface area contributed by atoms with Gasteiger partial charge in [-0.1, -0.05) is 6.07 Å². The normalized spacial score (nSPS) is 20.9. The quantitative estimate of drug-likeness (QED) is 0.707. The second-order valence-electron chi connectivity index (χ2n) is 4.27. The van der Waals surface area contributed by atoms with Crippen LogP contribution in [0.15, 0.2) is 18.2 Å². The molecule has 0 saturated heterocycles. The number of fused-ring (bicyclic) bond motifs is 1. The Balaban J connectivity index is 1.86. The van der Waals surface area contributed by atoms with Crippen LogP contribution in [-0.2, 0) is 13.1 Å². The Morgan fingerprint density at radius 1 is 1.21 bits per heavy atom. The fourth-order valence-corrected chi connectivity index (χ4v) is 2.22. The third-order valence-corrected chi connectivity index (χ3v) is 3.22. The maximum absolute atomic E-state index is 5.23. The van der Waals surface area contributed by atoms with Crippen molar-refractivity contribution in [1.82, 2.24) is 4.90 Å². The van der Waals surface area contributed by atoms with Gasteiger partial charge in [0.1, 0.15) is 5.75 Å². The van der Waals surface area contributed by atoms with Gasteiger partial charge in [0.25, 0.3) is 0 Å². The van der Waals surface area contributed by atoms with Crippen molar-refractivity contribution < 1.29 is 4.74 Å². The van der Waals surface area contributed by atoms with Gasteiger partial charge in [0.05, 0.1) is 7.11 Å². The number of nitrogens with zero attached hydrogens (tertiary/aromatic N) is 1. The average molecular weight is 189 g/mol. The average Bonchev–Trinajstić information content (AvgIpc) is 2.97. The highest BCUT2D eigenvalue weighted by Crippen LogP contribution is 2.35. The van der Waals surface area contributed by atoms with E-state index in [-0.39, 0.29) is 0 Å². The first-order valence-corrected chi connectivity index (χ1v) is 5.26. The van der Waals surface area contributed by atoms with Crippen LogP contribution in [-0.4, -0.2) is 18.1 Å². The van der Waals surface area contributed by atoms with Gasteiger partial charge in [-0.15, -0.1) is 0 Å². The van der Waals surface area contributed by atoms with E-state index in [4.69, 9.17) is 4.74 Å². The summed E-state index contributed by atoms with van der Waals surface area (Å²) in [7, 11) is 1.73. The summed E-state index contributed by atoms with van der Waals surface area (Å²) in [4.78, 5) is 2.57. The summed E-state index contributed by atoms with van der Waals surface area (Å²) in [5.41, 5.74) is 2.94. The summed E-state index contributed by atoms with van der Waals surface area (Å²) in [6.45, 7) is 2.27. The SMILES string of the molecule is COc1ccc2c(c1)CN(C1CC1)C2. The Labute approximate surface area is 84.5 Å². The second-order valence-corrected chi connectivity index (χ2v) is 4.27. The van der Waals surface area contributed by atoms with Crippen molar-refractivity contribution in [2.45, 2.75) is 32.0 Å². The zero-order valence-electron chi connectivity index (χ0n) is 8.49. The van der Waals surface area contributed by atoms with E-state index < -0.39 is 0 Å². The molecule has 1 aliphatic heterocycles. The first-order chi connectivity index (χ1) is 6.86. The summed E-state index contributed by atoms with van der Waals surface area (Å²) in [6, 6.07) is 7.32. The van der Waals surface area contributed by atoms with Gasteiger partial charge in [0, 0.05) is 19.1 Å². The van der Waals surface area contributed by atoms with E-state index >= 15 is 0 Å². The van der Waals surface area contributed by atoms with E-state index in [2.05, 4.69) is 23.1 Å². The minimum atomic E-state index is 0.869. The lowest BCUT2D eigenvalue weighted by Crippen LogP contribution is -2.18. The zero-order valence-corrected chi connectivity index (χ0v) is 8.49. The minimum absolute atomic E-state index is 0.869. The number of benzene rings is 1. The molecule has 0 unspecified atom stereocenters. The van der Waals surface area contributed by atoms with Gasteiger partial charge < -0.3 is 4.74 Å². The van der Waals surface area contributed by atoms with Crippen LogP contribution in [0.4, 0.5) is 0 Å². The molecule has 0 N–H and O–H groups in total. The lowest BCUT2D eigenvalue weighted by molar-refractivity contribution is 0.273. The van der Waals surface area contributed by atoms with Gasteiger partial charge in [-0.25, -0.2) is 0 Å². The van der Waals surface area contributed by atoms with Crippen LogP contribution in [0.1, 0.15) is 24.0 Å². The third-order valence-electron chi connectivity index (χ3n) is 3.22. The number of ether oxygens (including phenoxy) is 1. The van der Waals surface area contributed by atoms with Crippen LogP contribution in [0.3, 0.4) is 0 Å². The molecule has 1 aromatic carbocycles. The van der Waals surface area contributed by atoms with E-state index in [1.807, 2.05) is 0 Å². The van der Waals surface area contributed by atoms with Crippen molar-refractivity contribution in [3.63, 3.8) is 0 Å². The lowest BCUT2D eigenvalue weighted by Gasteiger charge is -2.11. The van der Waals surface area contributed by atoms with E-state index in [1.165, 1.54) is 24.0 Å². The monoisotopic (exact) mass is 189 g/mol. The highest BCUT2D eigenvalue weighted by molar-refractivity contribution is 5.38. The predicted octanol–water partition coefficient (Wildman–Crippen LogP) is 2.17. The third kappa shape index (κ3) is 1.30. The lowest BCUT2D eigenvalue weighted by atomic mass is 10.1. The Hall–Kier alpha value is -1.02. The molecule has 0 aromatic heterocycles. The van der Waals surface area contributed by atoms with Gasteiger partial charge in [0.15, 0.2) is 0 Å². The van der Waals surface area contributed by atoms with Crippen molar-refractivity contribution in [3.8, 4) is 5.75 Å². The van der Waals surface area contributed by atoms with Gasteiger partial charge >= 0.3 is 0 Å². The van der Waals surface area contributed by atoms with E-state index in [9.17, 15) is 0 Å². The molecule has 2 nitrogen and oxygen atoms in total. The summed E-state index contributed by atoms with van der Waals surface area (Å²) >= 11 is 0. The summed E-state index contributed by atoms with van der Waals surface area (Å²) in [5.74, 6) is 0.987. The molecule has 2 aliphatic rings. The smallest absolute Gasteiger partial charge is 0.119 e. The number of rotatable bonds is 2. The summed E-state index contributed by atoms with van der Waals surface area (Å²) in [5, 5.41) is 0. The molecule has 1 saturated carbocycles. The Morgan fingerprint density at radius 3 is 2.71 bits per heavy atom. The predicted molar refractivity (Wildman–Crippen MR) is 55.3 cm³/mol. The minimum Gasteiger partial charge on any atom is -0.497 e. The molecule has 14 heavy (non-hydrogen) atoms. The Kier molecular flexibility index (Phi) is 1.77.